The summed E-state index contributed by atoms with van der Waals surface area (Å²) in [5.41, 5.74) is 1.72. The highest BCUT2D eigenvalue weighted by molar-refractivity contribution is 6.41. The summed E-state index contributed by atoms with van der Waals surface area (Å²) in [5.74, 6) is -1.52. The highest BCUT2D eigenvalue weighted by Gasteiger charge is 2.31. The van der Waals surface area contributed by atoms with Gasteiger partial charge in [-0.25, -0.2) is 9.78 Å². The molecule has 0 aliphatic carbocycles. The van der Waals surface area contributed by atoms with Gasteiger partial charge in [0.15, 0.2) is 0 Å². The number of aliphatic carboxylic acids is 1. The number of nitrogens with one attached hydrogen (secondary N) is 1. The number of aliphatic hydroxyl groups is 1. The van der Waals surface area contributed by atoms with Crippen LogP contribution in [0.4, 0.5) is 0 Å². The highest BCUT2D eigenvalue weighted by atomic mass is 16.4. The third kappa shape index (κ3) is 4.87. The number of carbonyl (C=O) groups excluding carboxylic acids is 1. The number of tetrazole rings is 1. The number of Topliss-reactive ketones (excluding diaryl/α,β-unsaturated/α-hetero) is 1. The van der Waals surface area contributed by atoms with Gasteiger partial charge in [0.25, 0.3) is 5.78 Å². The van der Waals surface area contributed by atoms with E-state index in [1.54, 1.807) is 26.0 Å². The Morgan fingerprint density at radius 3 is 2.46 bits per heavy atom. The van der Waals surface area contributed by atoms with Crippen molar-refractivity contribution in [2.75, 3.05) is 0 Å². The standard InChI is InChI=1S/C25H26N6O4/c1-4-8-19-26-22(25(2,3)35)20(23-27-29-30-28-23)31(19)14-15-11-12-17(16-9-6-5-7-10-16)18(13-15)21(32)24(33)34/h5-7,9-13,35H,4,8,14H2,1-3H3,(H,33,34)(H,27,28,29,30). The van der Waals surface area contributed by atoms with Crippen LogP contribution in [-0.2, 0) is 23.4 Å². The van der Waals surface area contributed by atoms with Gasteiger partial charge in [0, 0.05) is 18.5 Å². The number of ketones is 1. The van der Waals surface area contributed by atoms with Crippen molar-refractivity contribution in [3.63, 3.8) is 0 Å². The summed E-state index contributed by atoms with van der Waals surface area (Å²) in [6, 6.07) is 14.4. The fourth-order valence-corrected chi connectivity index (χ4v) is 4.04. The first kappa shape index (κ1) is 24.0. The Balaban J connectivity index is 1.87. The minimum atomic E-state index is -1.52. The molecular formula is C25H26N6O4. The molecule has 0 spiro atoms. The third-order valence-electron chi connectivity index (χ3n) is 5.61. The van der Waals surface area contributed by atoms with Crippen LogP contribution in [0.15, 0.2) is 48.5 Å². The van der Waals surface area contributed by atoms with Gasteiger partial charge < -0.3 is 14.8 Å². The molecule has 0 radical (unpaired) electrons. The van der Waals surface area contributed by atoms with Crippen LogP contribution in [0.3, 0.4) is 0 Å². The number of hydrogen-bond donors (Lipinski definition) is 3. The van der Waals surface area contributed by atoms with Gasteiger partial charge in [0.2, 0.25) is 5.82 Å². The first-order valence-corrected chi connectivity index (χ1v) is 11.2. The number of carbonyl (C=O) groups is 2. The second-order valence-corrected chi connectivity index (χ2v) is 8.74. The molecule has 0 aliphatic heterocycles. The molecule has 4 rings (SSSR count). The summed E-state index contributed by atoms with van der Waals surface area (Å²) in [5, 5.41) is 34.6. The quantitative estimate of drug-likeness (QED) is 0.247. The van der Waals surface area contributed by atoms with E-state index in [0.29, 0.717) is 34.8 Å². The molecule has 4 aromatic rings. The number of nitrogens with zero attached hydrogens (tertiary/aromatic N) is 5. The molecule has 35 heavy (non-hydrogen) atoms. The van der Waals surface area contributed by atoms with E-state index in [2.05, 4.69) is 20.6 Å². The summed E-state index contributed by atoms with van der Waals surface area (Å²) in [6.07, 6.45) is 1.44. The van der Waals surface area contributed by atoms with Crippen molar-refractivity contribution in [1.82, 2.24) is 30.2 Å². The normalized spacial score (nSPS) is 11.5. The van der Waals surface area contributed by atoms with Crippen LogP contribution in [0.25, 0.3) is 22.6 Å². The molecule has 0 bridgehead atoms. The Morgan fingerprint density at radius 2 is 1.86 bits per heavy atom. The maximum Gasteiger partial charge on any atom is 0.377 e. The van der Waals surface area contributed by atoms with Gasteiger partial charge in [0.05, 0.1) is 0 Å². The molecule has 10 heteroatoms. The van der Waals surface area contributed by atoms with Crippen molar-refractivity contribution in [2.24, 2.45) is 0 Å². The van der Waals surface area contributed by atoms with Crippen molar-refractivity contribution in [3.05, 3.63) is 71.2 Å². The molecular weight excluding hydrogens is 448 g/mol. The van der Waals surface area contributed by atoms with Gasteiger partial charge in [0.1, 0.15) is 22.8 Å². The van der Waals surface area contributed by atoms with Gasteiger partial charge in [-0.15, -0.1) is 10.2 Å². The van der Waals surface area contributed by atoms with E-state index in [1.807, 2.05) is 47.9 Å². The SMILES string of the molecule is CCCc1nc(C(C)(C)O)c(-c2nn[nH]n2)n1Cc1ccc(-c2ccccc2)c(C(=O)C(=O)O)c1. The molecule has 0 fully saturated rings. The summed E-state index contributed by atoms with van der Waals surface area (Å²) in [6.45, 7) is 5.56. The van der Waals surface area contributed by atoms with Crippen molar-refractivity contribution in [1.29, 1.82) is 0 Å². The van der Waals surface area contributed by atoms with E-state index >= 15 is 0 Å². The van der Waals surface area contributed by atoms with Gasteiger partial charge in [-0.1, -0.05) is 49.4 Å². The lowest BCUT2D eigenvalue weighted by Crippen LogP contribution is -2.18. The second-order valence-electron chi connectivity index (χ2n) is 8.74. The van der Waals surface area contributed by atoms with Crippen LogP contribution in [0, 0.1) is 0 Å². The van der Waals surface area contributed by atoms with Crippen molar-refractivity contribution in [3.8, 4) is 22.6 Å². The Labute approximate surface area is 201 Å². The fraction of sp³-hybridized carbons (Fsp3) is 0.280. The number of hydrogen-bond acceptors (Lipinski definition) is 7. The van der Waals surface area contributed by atoms with Gasteiger partial charge in [-0.05, 0) is 48.2 Å². The Bertz CT molecular complexity index is 1350. The lowest BCUT2D eigenvalue weighted by molar-refractivity contribution is -0.131. The Hall–Kier alpha value is -4.18. The van der Waals surface area contributed by atoms with Gasteiger partial charge in [-0.3, -0.25) is 4.79 Å². The lowest BCUT2D eigenvalue weighted by Gasteiger charge is -2.17. The van der Waals surface area contributed by atoms with Crippen LogP contribution in [0.5, 0.6) is 0 Å². The molecule has 0 saturated heterocycles. The molecule has 2 heterocycles. The maximum atomic E-state index is 12.6. The molecule has 0 atom stereocenters. The van der Waals surface area contributed by atoms with Crippen molar-refractivity contribution < 1.29 is 19.8 Å². The van der Waals surface area contributed by atoms with Crippen LogP contribution >= 0.6 is 0 Å². The van der Waals surface area contributed by atoms with E-state index in [1.165, 1.54) is 0 Å². The highest BCUT2D eigenvalue weighted by Crippen LogP contribution is 2.32. The predicted octanol–water partition coefficient (Wildman–Crippen LogP) is 3.23. The monoisotopic (exact) mass is 474 g/mol. The molecule has 180 valence electrons. The molecule has 2 aromatic heterocycles. The van der Waals surface area contributed by atoms with E-state index in [0.717, 1.165) is 12.0 Å². The molecule has 10 nitrogen and oxygen atoms in total. The number of H-pyrrole nitrogens is 1. The minimum Gasteiger partial charge on any atom is -0.475 e. The largest absolute Gasteiger partial charge is 0.475 e. The topological polar surface area (TPSA) is 147 Å². The van der Waals surface area contributed by atoms with E-state index in [-0.39, 0.29) is 17.9 Å². The molecule has 0 aliphatic rings. The number of benzene rings is 2. The zero-order valence-corrected chi connectivity index (χ0v) is 19.7. The summed E-state index contributed by atoms with van der Waals surface area (Å²) in [7, 11) is 0. The van der Waals surface area contributed by atoms with Gasteiger partial charge >= 0.3 is 5.97 Å². The smallest absolute Gasteiger partial charge is 0.377 e. The first-order valence-electron chi connectivity index (χ1n) is 11.2. The third-order valence-corrected chi connectivity index (χ3v) is 5.61. The number of carboxylic acid groups (broad SMARTS) is 1. The lowest BCUT2D eigenvalue weighted by atomic mass is 9.94. The number of imidazole rings is 1. The maximum absolute atomic E-state index is 12.6. The molecule has 3 N–H and O–H groups in total. The zero-order valence-electron chi connectivity index (χ0n) is 19.7. The average Bonchev–Trinajstić information content (AvgIpc) is 3.47. The number of carboxylic acids is 1. The first-order chi connectivity index (χ1) is 16.7. The molecule has 2 aromatic carbocycles. The second kappa shape index (κ2) is 9.59. The zero-order chi connectivity index (χ0) is 25.2. The van der Waals surface area contributed by atoms with Crippen LogP contribution in [-0.4, -0.2) is 52.1 Å². The number of aromatic amines is 1. The number of rotatable bonds is 9. The van der Waals surface area contributed by atoms with Gasteiger partial charge in [-0.2, -0.15) is 5.21 Å². The fourth-order valence-electron chi connectivity index (χ4n) is 4.04. The molecule has 0 saturated carbocycles. The Morgan fingerprint density at radius 1 is 1.11 bits per heavy atom. The molecule has 0 amide bonds. The minimum absolute atomic E-state index is 0.0992. The van der Waals surface area contributed by atoms with Crippen molar-refractivity contribution in [2.45, 2.75) is 45.8 Å². The predicted molar refractivity (Wildman–Crippen MR) is 128 cm³/mol. The summed E-state index contributed by atoms with van der Waals surface area (Å²) in [4.78, 5) is 28.9. The van der Waals surface area contributed by atoms with E-state index < -0.39 is 17.4 Å². The van der Waals surface area contributed by atoms with Crippen molar-refractivity contribution >= 4 is 11.8 Å². The van der Waals surface area contributed by atoms with Crippen LogP contribution in [0.2, 0.25) is 0 Å². The average molecular weight is 475 g/mol. The molecule has 0 unspecified atom stereocenters. The summed E-state index contributed by atoms with van der Waals surface area (Å²) < 4.78 is 1.88. The summed E-state index contributed by atoms with van der Waals surface area (Å²) >= 11 is 0. The number of aromatic nitrogens is 6. The van der Waals surface area contributed by atoms with Crippen LogP contribution < -0.4 is 0 Å². The Kier molecular flexibility index (Phi) is 6.57. The van der Waals surface area contributed by atoms with E-state index in [4.69, 9.17) is 4.98 Å². The van der Waals surface area contributed by atoms with Crippen LogP contribution in [0.1, 0.15) is 54.6 Å². The van der Waals surface area contributed by atoms with E-state index in [9.17, 15) is 19.8 Å². The number of aryl methyl sites for hydroxylation is 1.